The van der Waals surface area contributed by atoms with Crippen molar-refractivity contribution in [1.82, 2.24) is 9.88 Å². The predicted molar refractivity (Wildman–Crippen MR) is 132 cm³/mol. The number of Topliss-reactive ketones (excluding diaryl/α,β-unsaturated/α-hetero) is 1. The summed E-state index contributed by atoms with van der Waals surface area (Å²) in [5.74, 6) is -2.26. The van der Waals surface area contributed by atoms with Gasteiger partial charge >= 0.3 is 0 Å². The van der Waals surface area contributed by atoms with Gasteiger partial charge in [0.25, 0.3) is 11.7 Å². The summed E-state index contributed by atoms with van der Waals surface area (Å²) in [6, 6.07) is 19.5. The molecular formula is C27H20BrFN2O3. The van der Waals surface area contributed by atoms with Crippen molar-refractivity contribution in [2.75, 3.05) is 6.54 Å². The van der Waals surface area contributed by atoms with Crippen molar-refractivity contribution in [3.63, 3.8) is 0 Å². The molecule has 4 aromatic rings. The van der Waals surface area contributed by atoms with E-state index >= 15 is 0 Å². The lowest BCUT2D eigenvalue weighted by Crippen LogP contribution is -2.31. The van der Waals surface area contributed by atoms with Gasteiger partial charge in [-0.25, -0.2) is 4.39 Å². The molecule has 1 saturated heterocycles. The number of rotatable bonds is 5. The van der Waals surface area contributed by atoms with Crippen LogP contribution in [0.1, 0.15) is 22.7 Å². The summed E-state index contributed by atoms with van der Waals surface area (Å²) < 4.78 is 15.0. The Hall–Kier alpha value is -3.71. The molecule has 0 spiro atoms. The number of likely N-dealkylation sites (tertiary alicyclic amines) is 1. The quantitative estimate of drug-likeness (QED) is 0.201. The molecule has 0 aliphatic carbocycles. The number of amides is 1. The molecule has 5 rings (SSSR count). The summed E-state index contributed by atoms with van der Waals surface area (Å²) >= 11 is 3.35. The number of carbonyl (C=O) groups excluding carboxylic acids is 2. The Labute approximate surface area is 203 Å². The second-order valence-corrected chi connectivity index (χ2v) is 9.08. The Balaban J connectivity index is 1.57. The fourth-order valence-corrected chi connectivity index (χ4v) is 4.74. The van der Waals surface area contributed by atoms with Crippen molar-refractivity contribution in [1.29, 1.82) is 0 Å². The van der Waals surface area contributed by atoms with E-state index in [1.54, 1.807) is 30.3 Å². The number of hydrogen-bond acceptors (Lipinski definition) is 3. The van der Waals surface area contributed by atoms with E-state index in [4.69, 9.17) is 0 Å². The number of aliphatic hydroxyl groups excluding tert-OH is 1. The van der Waals surface area contributed by atoms with Crippen molar-refractivity contribution in [3.05, 3.63) is 112 Å². The topological polar surface area (TPSA) is 73.4 Å². The zero-order valence-corrected chi connectivity index (χ0v) is 19.5. The van der Waals surface area contributed by atoms with E-state index in [0.29, 0.717) is 17.5 Å². The minimum Gasteiger partial charge on any atom is -0.507 e. The first-order chi connectivity index (χ1) is 16.4. The van der Waals surface area contributed by atoms with Crippen LogP contribution in [0.3, 0.4) is 0 Å². The van der Waals surface area contributed by atoms with E-state index in [-0.39, 0.29) is 17.9 Å². The van der Waals surface area contributed by atoms with Crippen LogP contribution in [0.15, 0.2) is 89.0 Å². The summed E-state index contributed by atoms with van der Waals surface area (Å²) in [6.45, 7) is 0.227. The third-order valence-corrected chi connectivity index (χ3v) is 6.65. The zero-order chi connectivity index (χ0) is 23.8. The van der Waals surface area contributed by atoms with E-state index < -0.39 is 23.5 Å². The summed E-state index contributed by atoms with van der Waals surface area (Å²) in [6.07, 6.45) is 2.38. The number of carbonyl (C=O) groups is 2. The number of halogens is 2. The van der Waals surface area contributed by atoms with Gasteiger partial charge in [-0.05, 0) is 47.9 Å². The number of H-pyrrole nitrogens is 1. The van der Waals surface area contributed by atoms with Gasteiger partial charge in [-0.2, -0.15) is 0 Å². The maximum Gasteiger partial charge on any atom is 0.295 e. The van der Waals surface area contributed by atoms with Crippen molar-refractivity contribution in [2.45, 2.75) is 12.5 Å². The van der Waals surface area contributed by atoms with Gasteiger partial charge in [0.2, 0.25) is 0 Å². The molecular weight excluding hydrogens is 499 g/mol. The molecule has 34 heavy (non-hydrogen) atoms. The molecule has 1 atom stereocenters. The van der Waals surface area contributed by atoms with Crippen LogP contribution in [-0.4, -0.2) is 33.2 Å². The number of nitrogens with one attached hydrogen (secondary N) is 1. The normalized spacial score (nSPS) is 17.6. The molecule has 1 fully saturated rings. The summed E-state index contributed by atoms with van der Waals surface area (Å²) in [5.41, 5.74) is 2.77. The first-order valence-electron chi connectivity index (χ1n) is 10.8. The highest BCUT2D eigenvalue weighted by Gasteiger charge is 2.46. The van der Waals surface area contributed by atoms with Gasteiger partial charge in [0.05, 0.1) is 11.6 Å². The lowest BCUT2D eigenvalue weighted by atomic mass is 9.95. The molecule has 1 amide bonds. The number of nitrogens with zero attached hydrogens (tertiary/aromatic N) is 1. The van der Waals surface area contributed by atoms with Crippen LogP contribution < -0.4 is 0 Å². The van der Waals surface area contributed by atoms with Crippen molar-refractivity contribution < 1.29 is 19.1 Å². The third kappa shape index (κ3) is 3.92. The second kappa shape index (κ2) is 8.91. The monoisotopic (exact) mass is 518 g/mol. The molecule has 3 aromatic carbocycles. The molecule has 2 N–H and O–H groups in total. The van der Waals surface area contributed by atoms with Gasteiger partial charge in [-0.3, -0.25) is 9.59 Å². The van der Waals surface area contributed by atoms with E-state index in [1.165, 1.54) is 23.1 Å². The number of benzene rings is 3. The maximum absolute atomic E-state index is 14.1. The van der Waals surface area contributed by atoms with Crippen LogP contribution in [0, 0.1) is 5.82 Å². The zero-order valence-electron chi connectivity index (χ0n) is 18.0. The first-order valence-corrected chi connectivity index (χ1v) is 11.6. The molecule has 0 unspecified atom stereocenters. The van der Waals surface area contributed by atoms with Crippen LogP contribution in [0.25, 0.3) is 16.7 Å². The lowest BCUT2D eigenvalue weighted by Gasteiger charge is -2.25. The number of para-hydroxylation sites is 1. The number of fused-ring (bicyclic) bond motifs is 1. The molecule has 0 bridgehead atoms. The average Bonchev–Trinajstić information content (AvgIpc) is 3.36. The molecule has 170 valence electrons. The Morgan fingerprint density at radius 1 is 1.03 bits per heavy atom. The molecule has 1 aliphatic heterocycles. The molecule has 1 aromatic heterocycles. The Morgan fingerprint density at radius 3 is 2.56 bits per heavy atom. The summed E-state index contributed by atoms with van der Waals surface area (Å²) in [5, 5.41) is 12.1. The Morgan fingerprint density at radius 2 is 1.79 bits per heavy atom. The van der Waals surface area contributed by atoms with Gasteiger partial charge in [-0.1, -0.05) is 58.4 Å². The minimum absolute atomic E-state index is 0.0446. The summed E-state index contributed by atoms with van der Waals surface area (Å²) in [7, 11) is 0. The van der Waals surface area contributed by atoms with Gasteiger partial charge < -0.3 is 15.0 Å². The van der Waals surface area contributed by atoms with Crippen LogP contribution >= 0.6 is 15.9 Å². The lowest BCUT2D eigenvalue weighted by molar-refractivity contribution is -0.139. The molecule has 1 aliphatic rings. The number of ketones is 1. The van der Waals surface area contributed by atoms with Crippen LogP contribution in [0.4, 0.5) is 4.39 Å². The molecule has 2 heterocycles. The SMILES string of the molecule is O=C1C(=O)N(CCc2c[nH]c3ccccc23)[C@H](c2cccc(F)c2)C1=C(O)c1ccc(Br)cc1. The highest BCUT2D eigenvalue weighted by atomic mass is 79.9. The molecule has 0 saturated carbocycles. The Kier molecular flexibility index (Phi) is 5.79. The molecule has 5 nitrogen and oxygen atoms in total. The summed E-state index contributed by atoms with van der Waals surface area (Å²) in [4.78, 5) is 30.9. The smallest absolute Gasteiger partial charge is 0.295 e. The minimum atomic E-state index is -0.899. The van der Waals surface area contributed by atoms with Crippen LogP contribution in [0.2, 0.25) is 0 Å². The van der Waals surface area contributed by atoms with Gasteiger partial charge in [-0.15, -0.1) is 0 Å². The predicted octanol–water partition coefficient (Wildman–Crippen LogP) is 5.73. The number of aliphatic hydroxyl groups is 1. The van der Waals surface area contributed by atoms with Crippen LogP contribution in [0.5, 0.6) is 0 Å². The van der Waals surface area contributed by atoms with E-state index in [0.717, 1.165) is 20.9 Å². The highest BCUT2D eigenvalue weighted by molar-refractivity contribution is 9.10. The van der Waals surface area contributed by atoms with Gasteiger partial charge in [0, 0.05) is 33.7 Å². The largest absolute Gasteiger partial charge is 0.507 e. The Bertz CT molecular complexity index is 1440. The number of hydrogen-bond donors (Lipinski definition) is 2. The fraction of sp³-hybridized carbons (Fsp3) is 0.111. The van der Waals surface area contributed by atoms with Gasteiger partial charge in [0.1, 0.15) is 11.6 Å². The number of aromatic amines is 1. The standard InChI is InChI=1S/C27H20BrFN2O3/c28-19-10-8-16(9-11-19)25(32)23-24(17-4-3-5-20(29)14-17)31(27(34)26(23)33)13-12-18-15-30-22-7-2-1-6-21(18)22/h1-11,14-15,24,30,32H,12-13H2/t24-/m1/s1. The average molecular weight is 519 g/mol. The number of aromatic nitrogens is 1. The first kappa shape index (κ1) is 22.1. The van der Waals surface area contributed by atoms with Crippen LogP contribution in [-0.2, 0) is 16.0 Å². The van der Waals surface area contributed by atoms with Crippen molar-refractivity contribution in [3.8, 4) is 0 Å². The third-order valence-electron chi connectivity index (χ3n) is 6.12. The van der Waals surface area contributed by atoms with Crippen molar-refractivity contribution >= 4 is 44.3 Å². The molecule has 7 heteroatoms. The van der Waals surface area contributed by atoms with E-state index in [9.17, 15) is 19.1 Å². The van der Waals surface area contributed by atoms with E-state index in [1.807, 2.05) is 30.5 Å². The highest BCUT2D eigenvalue weighted by Crippen LogP contribution is 2.40. The van der Waals surface area contributed by atoms with Gasteiger partial charge in [0.15, 0.2) is 0 Å². The fourth-order valence-electron chi connectivity index (χ4n) is 4.48. The molecule has 0 radical (unpaired) electrons. The van der Waals surface area contributed by atoms with Crippen molar-refractivity contribution in [2.24, 2.45) is 0 Å². The second-order valence-electron chi connectivity index (χ2n) is 8.16. The van der Waals surface area contributed by atoms with E-state index in [2.05, 4.69) is 20.9 Å². The maximum atomic E-state index is 14.1.